The van der Waals surface area contributed by atoms with E-state index in [9.17, 15) is 4.79 Å². The molecule has 3 atom stereocenters. The van der Waals surface area contributed by atoms with E-state index in [0.29, 0.717) is 5.92 Å². The molecule has 3 aliphatic rings. The molecule has 3 N–H and O–H groups in total. The minimum absolute atomic E-state index is 0.0408. The number of rotatable bonds is 4. The Balaban J connectivity index is 1.45. The normalized spacial score (nSPS) is 39.7. The Morgan fingerprint density at radius 3 is 2.79 bits per heavy atom. The van der Waals surface area contributed by atoms with Crippen LogP contribution in [0.1, 0.15) is 45.4 Å². The van der Waals surface area contributed by atoms with Gasteiger partial charge < -0.3 is 16.0 Å². The van der Waals surface area contributed by atoms with E-state index in [1.165, 1.54) is 32.4 Å². The fourth-order valence-corrected chi connectivity index (χ4v) is 3.71. The quantitative estimate of drug-likeness (QED) is 0.800. The van der Waals surface area contributed by atoms with Gasteiger partial charge in [0.25, 0.3) is 0 Å². The molecule has 1 heterocycles. The van der Waals surface area contributed by atoms with Crippen LogP contribution in [0.4, 0.5) is 0 Å². The van der Waals surface area contributed by atoms with Gasteiger partial charge in [0.2, 0.25) is 5.91 Å². The van der Waals surface area contributed by atoms with E-state index in [1.807, 2.05) is 6.92 Å². The number of nitrogens with zero attached hydrogens (tertiary/aromatic N) is 1. The van der Waals surface area contributed by atoms with Gasteiger partial charge in [0.1, 0.15) is 0 Å². The topological polar surface area (TPSA) is 58.4 Å². The molecule has 1 saturated heterocycles. The summed E-state index contributed by atoms with van der Waals surface area (Å²) in [5.74, 6) is 0.827. The van der Waals surface area contributed by atoms with E-state index in [-0.39, 0.29) is 17.4 Å². The molecule has 3 rings (SSSR count). The highest BCUT2D eigenvalue weighted by molar-refractivity contribution is 5.83. The summed E-state index contributed by atoms with van der Waals surface area (Å²) < 4.78 is 0. The number of nitrogens with one attached hydrogen (secondary N) is 1. The van der Waals surface area contributed by atoms with Crippen LogP contribution in [0.2, 0.25) is 0 Å². The predicted molar refractivity (Wildman–Crippen MR) is 75.6 cm³/mol. The predicted octanol–water partition coefficient (Wildman–Crippen LogP) is 1.10. The van der Waals surface area contributed by atoms with Gasteiger partial charge in [0.15, 0.2) is 0 Å². The summed E-state index contributed by atoms with van der Waals surface area (Å²) in [7, 11) is 0. The number of nitrogens with two attached hydrogens (primary N) is 1. The highest BCUT2D eigenvalue weighted by atomic mass is 16.2. The van der Waals surface area contributed by atoms with Crippen LogP contribution in [-0.2, 0) is 4.79 Å². The average Bonchev–Trinajstić information content (AvgIpc) is 3.05. The lowest BCUT2D eigenvalue weighted by Gasteiger charge is -2.28. The van der Waals surface area contributed by atoms with Gasteiger partial charge >= 0.3 is 0 Å². The number of carbonyl (C=O) groups is 1. The lowest BCUT2D eigenvalue weighted by Crippen LogP contribution is -2.48. The first kappa shape index (κ1) is 13.4. The molecule has 108 valence electrons. The third kappa shape index (κ3) is 2.65. The molecule has 0 aromatic heterocycles. The van der Waals surface area contributed by atoms with Gasteiger partial charge in [-0.2, -0.15) is 0 Å². The van der Waals surface area contributed by atoms with Crippen LogP contribution < -0.4 is 11.1 Å². The van der Waals surface area contributed by atoms with Crippen LogP contribution in [0.25, 0.3) is 0 Å². The van der Waals surface area contributed by atoms with Crippen molar-refractivity contribution in [2.75, 3.05) is 19.6 Å². The zero-order valence-corrected chi connectivity index (χ0v) is 12.0. The average molecular weight is 265 g/mol. The van der Waals surface area contributed by atoms with Crippen LogP contribution in [0.15, 0.2) is 0 Å². The van der Waals surface area contributed by atoms with E-state index in [0.717, 1.165) is 31.8 Å². The molecule has 3 fully saturated rings. The molecule has 1 aliphatic heterocycles. The number of likely N-dealkylation sites (tertiary alicyclic amines) is 1. The van der Waals surface area contributed by atoms with Crippen molar-refractivity contribution >= 4 is 5.91 Å². The zero-order chi connectivity index (χ0) is 13.5. The number of amides is 1. The minimum atomic E-state index is -0.325. The van der Waals surface area contributed by atoms with Gasteiger partial charge in [0.05, 0.1) is 5.41 Å². The first-order chi connectivity index (χ1) is 9.09. The fourth-order valence-electron chi connectivity index (χ4n) is 3.71. The molecular formula is C15H27N3O. The second-order valence-electron chi connectivity index (χ2n) is 7.01. The molecule has 0 aromatic rings. The number of hydrogen-bond acceptors (Lipinski definition) is 3. The summed E-state index contributed by atoms with van der Waals surface area (Å²) in [5.41, 5.74) is 5.77. The van der Waals surface area contributed by atoms with Crippen molar-refractivity contribution in [1.29, 1.82) is 0 Å². The Bertz CT molecular complexity index is 355. The van der Waals surface area contributed by atoms with Gasteiger partial charge in [-0.15, -0.1) is 0 Å². The molecule has 19 heavy (non-hydrogen) atoms. The Kier molecular flexibility index (Phi) is 3.56. The molecule has 0 aromatic carbocycles. The second-order valence-corrected chi connectivity index (χ2v) is 7.01. The maximum absolute atomic E-state index is 12.4. The van der Waals surface area contributed by atoms with Crippen LogP contribution in [0.3, 0.4) is 0 Å². The molecule has 3 unspecified atom stereocenters. The Morgan fingerprint density at radius 2 is 2.16 bits per heavy atom. The largest absolute Gasteiger partial charge is 0.355 e. The zero-order valence-electron chi connectivity index (χ0n) is 12.0. The van der Waals surface area contributed by atoms with Crippen molar-refractivity contribution in [2.45, 2.75) is 57.5 Å². The molecular weight excluding hydrogens is 238 g/mol. The Hall–Kier alpha value is -0.610. The lowest BCUT2D eigenvalue weighted by molar-refractivity contribution is -0.130. The summed E-state index contributed by atoms with van der Waals surface area (Å²) in [5, 5.41) is 3.17. The Morgan fingerprint density at radius 1 is 1.37 bits per heavy atom. The molecule has 2 aliphatic carbocycles. The van der Waals surface area contributed by atoms with Crippen molar-refractivity contribution in [3.05, 3.63) is 0 Å². The summed E-state index contributed by atoms with van der Waals surface area (Å²) in [4.78, 5) is 15.0. The van der Waals surface area contributed by atoms with Crippen LogP contribution >= 0.6 is 0 Å². The molecule has 1 amide bonds. The molecule has 4 nitrogen and oxygen atoms in total. The van der Waals surface area contributed by atoms with Gasteiger partial charge in [-0.3, -0.25) is 4.79 Å². The standard InChI is InChI=1S/C15H27N3O/c1-15(7-2-3-13(15)16)14(19)17-9-11-6-8-18(10-11)12-4-5-12/h11-13H,2-10,16H2,1H3,(H,17,19). The highest BCUT2D eigenvalue weighted by Crippen LogP contribution is 2.37. The molecule has 0 radical (unpaired) electrons. The lowest BCUT2D eigenvalue weighted by atomic mass is 9.84. The molecule has 2 saturated carbocycles. The smallest absolute Gasteiger partial charge is 0.227 e. The van der Waals surface area contributed by atoms with Crippen molar-refractivity contribution in [1.82, 2.24) is 10.2 Å². The fraction of sp³-hybridized carbons (Fsp3) is 0.933. The van der Waals surface area contributed by atoms with Crippen molar-refractivity contribution in [3.63, 3.8) is 0 Å². The molecule has 0 spiro atoms. The van der Waals surface area contributed by atoms with Gasteiger partial charge in [-0.1, -0.05) is 6.42 Å². The van der Waals surface area contributed by atoms with Crippen LogP contribution in [0, 0.1) is 11.3 Å². The van der Waals surface area contributed by atoms with Crippen LogP contribution in [-0.4, -0.2) is 42.5 Å². The van der Waals surface area contributed by atoms with E-state index < -0.39 is 0 Å². The van der Waals surface area contributed by atoms with Crippen molar-refractivity contribution in [2.24, 2.45) is 17.1 Å². The SMILES string of the molecule is CC1(C(=O)NCC2CCN(C3CC3)C2)CCCC1N. The van der Waals surface area contributed by atoms with Crippen molar-refractivity contribution < 1.29 is 4.79 Å². The third-order valence-corrected chi connectivity index (χ3v) is 5.48. The monoisotopic (exact) mass is 265 g/mol. The molecule has 4 heteroatoms. The minimum Gasteiger partial charge on any atom is -0.355 e. The van der Waals surface area contributed by atoms with Crippen LogP contribution in [0.5, 0.6) is 0 Å². The van der Waals surface area contributed by atoms with E-state index >= 15 is 0 Å². The first-order valence-corrected chi connectivity index (χ1v) is 7.87. The summed E-state index contributed by atoms with van der Waals surface area (Å²) in [6, 6.07) is 0.903. The Labute approximate surface area is 116 Å². The van der Waals surface area contributed by atoms with Gasteiger partial charge in [0, 0.05) is 25.2 Å². The van der Waals surface area contributed by atoms with E-state index in [4.69, 9.17) is 5.73 Å². The summed E-state index contributed by atoms with van der Waals surface area (Å²) >= 11 is 0. The third-order valence-electron chi connectivity index (χ3n) is 5.48. The first-order valence-electron chi connectivity index (χ1n) is 7.87. The number of carbonyl (C=O) groups excluding carboxylic acids is 1. The summed E-state index contributed by atoms with van der Waals surface area (Å²) in [6.07, 6.45) is 7.02. The van der Waals surface area contributed by atoms with Crippen molar-refractivity contribution in [3.8, 4) is 0 Å². The molecule has 0 bridgehead atoms. The maximum atomic E-state index is 12.4. The van der Waals surface area contributed by atoms with E-state index in [1.54, 1.807) is 0 Å². The second kappa shape index (κ2) is 5.06. The van der Waals surface area contributed by atoms with Gasteiger partial charge in [-0.25, -0.2) is 0 Å². The van der Waals surface area contributed by atoms with E-state index in [2.05, 4.69) is 10.2 Å². The summed E-state index contributed by atoms with van der Waals surface area (Å²) in [6.45, 7) is 5.27. The highest BCUT2D eigenvalue weighted by Gasteiger charge is 2.43. The number of hydrogen-bond donors (Lipinski definition) is 2. The maximum Gasteiger partial charge on any atom is 0.227 e. The van der Waals surface area contributed by atoms with Gasteiger partial charge in [-0.05, 0) is 51.5 Å².